The summed E-state index contributed by atoms with van der Waals surface area (Å²) in [6, 6.07) is 6.87. The summed E-state index contributed by atoms with van der Waals surface area (Å²) < 4.78 is 0. The minimum Gasteiger partial charge on any atom is -0.306 e. The number of thiophene rings is 1. The Bertz CT molecular complexity index is 643. The summed E-state index contributed by atoms with van der Waals surface area (Å²) in [6.45, 7) is 2.06. The number of pyridine rings is 1. The number of hydrogen-bond donors (Lipinski definition) is 0. The quantitative estimate of drug-likeness (QED) is 0.874. The Hall–Kier alpha value is -1.72. The third-order valence-corrected chi connectivity index (χ3v) is 5.50. The zero-order chi connectivity index (χ0) is 14.9. The monoisotopic (exact) mass is 313 g/mol. The molecule has 2 aromatic rings. The Morgan fingerprint density at radius 1 is 1.27 bits per heavy atom. The maximum atomic E-state index is 12.4. The molecule has 5 heteroatoms. The topological polar surface area (TPSA) is 36.4 Å². The molecule has 4 heterocycles. The van der Waals surface area contributed by atoms with E-state index in [1.54, 1.807) is 17.5 Å². The van der Waals surface area contributed by atoms with E-state index in [4.69, 9.17) is 0 Å². The molecule has 2 aliphatic rings. The molecule has 1 amide bonds. The van der Waals surface area contributed by atoms with Crippen LogP contribution in [0, 0.1) is 0 Å². The lowest BCUT2D eigenvalue weighted by Crippen LogP contribution is -2.52. The molecule has 2 atom stereocenters. The molecule has 4 rings (SSSR count). The van der Waals surface area contributed by atoms with Crippen LogP contribution in [0.1, 0.15) is 24.8 Å². The molecule has 2 aliphatic heterocycles. The molecule has 4 nitrogen and oxygen atoms in total. The number of carbonyl (C=O) groups excluding carboxylic acids is 1. The van der Waals surface area contributed by atoms with Crippen LogP contribution >= 0.6 is 11.3 Å². The minimum absolute atomic E-state index is 0.242. The van der Waals surface area contributed by atoms with Gasteiger partial charge in [-0.05, 0) is 47.4 Å². The molecule has 0 bridgehead atoms. The van der Waals surface area contributed by atoms with Crippen LogP contribution in [-0.2, 0) is 11.3 Å². The zero-order valence-electron chi connectivity index (χ0n) is 12.4. The lowest BCUT2D eigenvalue weighted by molar-refractivity contribution is -0.120. The Morgan fingerprint density at radius 3 is 3.00 bits per heavy atom. The summed E-state index contributed by atoms with van der Waals surface area (Å²) in [7, 11) is 0. The van der Waals surface area contributed by atoms with E-state index < -0.39 is 0 Å². The summed E-state index contributed by atoms with van der Waals surface area (Å²) in [5.74, 6) is 0.242. The van der Waals surface area contributed by atoms with Gasteiger partial charge in [-0.3, -0.25) is 14.7 Å². The molecule has 0 radical (unpaired) electrons. The number of nitrogens with zero attached hydrogens (tertiary/aromatic N) is 3. The second kappa shape index (κ2) is 5.82. The van der Waals surface area contributed by atoms with E-state index >= 15 is 0 Å². The third kappa shape index (κ3) is 2.44. The molecule has 0 saturated carbocycles. The molecule has 2 fully saturated rings. The first kappa shape index (κ1) is 13.9. The Kier molecular flexibility index (Phi) is 3.68. The van der Waals surface area contributed by atoms with Gasteiger partial charge >= 0.3 is 0 Å². The predicted molar refractivity (Wildman–Crippen MR) is 87.9 cm³/mol. The van der Waals surface area contributed by atoms with Gasteiger partial charge in [-0.25, -0.2) is 0 Å². The highest BCUT2D eigenvalue weighted by molar-refractivity contribution is 7.07. The number of aromatic nitrogens is 1. The molecule has 0 unspecified atom stereocenters. The Labute approximate surface area is 134 Å². The Balaban J connectivity index is 1.57. The van der Waals surface area contributed by atoms with Gasteiger partial charge in [0.2, 0.25) is 5.91 Å². The summed E-state index contributed by atoms with van der Waals surface area (Å²) >= 11 is 1.75. The fraction of sp³-hybridized carbons (Fsp3) is 0.412. The van der Waals surface area contributed by atoms with Crippen LogP contribution in [-0.4, -0.2) is 34.4 Å². The number of hydrogen-bond acceptors (Lipinski definition) is 4. The van der Waals surface area contributed by atoms with Gasteiger partial charge in [0.25, 0.3) is 0 Å². The van der Waals surface area contributed by atoms with Crippen molar-refractivity contribution in [2.24, 2.45) is 0 Å². The van der Waals surface area contributed by atoms with Gasteiger partial charge in [0.05, 0.1) is 17.9 Å². The smallest absolute Gasteiger partial charge is 0.227 e. The van der Waals surface area contributed by atoms with Crippen LogP contribution in [0.4, 0.5) is 5.69 Å². The maximum absolute atomic E-state index is 12.4. The van der Waals surface area contributed by atoms with Gasteiger partial charge in [-0.15, -0.1) is 0 Å². The summed E-state index contributed by atoms with van der Waals surface area (Å²) in [4.78, 5) is 21.2. The van der Waals surface area contributed by atoms with Gasteiger partial charge in [0.15, 0.2) is 0 Å². The molecule has 0 aromatic carbocycles. The summed E-state index contributed by atoms with van der Waals surface area (Å²) in [5.41, 5.74) is 2.33. The highest BCUT2D eigenvalue weighted by Crippen LogP contribution is 2.35. The van der Waals surface area contributed by atoms with Crippen molar-refractivity contribution in [2.75, 3.05) is 11.4 Å². The average Bonchev–Trinajstić information content (AvgIpc) is 3.19. The molecule has 0 aliphatic carbocycles. The highest BCUT2D eigenvalue weighted by atomic mass is 32.1. The van der Waals surface area contributed by atoms with Gasteiger partial charge in [-0.1, -0.05) is 0 Å². The van der Waals surface area contributed by atoms with Crippen LogP contribution in [0.5, 0.6) is 0 Å². The van der Waals surface area contributed by atoms with Crippen molar-refractivity contribution in [3.05, 3.63) is 46.9 Å². The van der Waals surface area contributed by atoms with Crippen molar-refractivity contribution < 1.29 is 4.79 Å². The molecule has 0 spiro atoms. The van der Waals surface area contributed by atoms with E-state index in [0.717, 1.165) is 31.6 Å². The van der Waals surface area contributed by atoms with Crippen molar-refractivity contribution in [3.8, 4) is 0 Å². The van der Waals surface area contributed by atoms with Gasteiger partial charge in [0.1, 0.15) is 0 Å². The fourth-order valence-corrected chi connectivity index (χ4v) is 4.46. The number of amides is 1. The van der Waals surface area contributed by atoms with Crippen molar-refractivity contribution in [1.82, 2.24) is 9.88 Å². The van der Waals surface area contributed by atoms with E-state index in [0.29, 0.717) is 18.5 Å². The van der Waals surface area contributed by atoms with Crippen LogP contribution in [0.25, 0.3) is 0 Å². The normalized spacial score (nSPS) is 25.5. The van der Waals surface area contributed by atoms with Crippen LogP contribution in [0.15, 0.2) is 41.4 Å². The third-order valence-electron chi connectivity index (χ3n) is 4.77. The van der Waals surface area contributed by atoms with Crippen molar-refractivity contribution >= 4 is 22.9 Å². The first-order valence-corrected chi connectivity index (χ1v) is 8.74. The minimum atomic E-state index is 0.242. The molecule has 2 aromatic heterocycles. The van der Waals surface area contributed by atoms with Crippen molar-refractivity contribution in [2.45, 2.75) is 37.9 Å². The van der Waals surface area contributed by atoms with Crippen LogP contribution in [0.2, 0.25) is 0 Å². The number of fused-ring (bicyclic) bond motifs is 1. The first-order chi connectivity index (χ1) is 10.8. The van der Waals surface area contributed by atoms with E-state index in [2.05, 4.69) is 26.7 Å². The molecule has 22 heavy (non-hydrogen) atoms. The fourth-order valence-electron chi connectivity index (χ4n) is 3.80. The van der Waals surface area contributed by atoms with Gasteiger partial charge in [0, 0.05) is 31.7 Å². The number of anilines is 1. The molecule has 0 N–H and O–H groups in total. The number of rotatable bonds is 3. The summed E-state index contributed by atoms with van der Waals surface area (Å²) in [6.07, 6.45) is 6.23. The van der Waals surface area contributed by atoms with Crippen molar-refractivity contribution in [1.29, 1.82) is 0 Å². The van der Waals surface area contributed by atoms with E-state index in [9.17, 15) is 4.79 Å². The molecular formula is C17H19N3OS. The zero-order valence-corrected chi connectivity index (χ0v) is 13.2. The number of likely N-dealkylation sites (tertiary alicyclic amines) is 1. The number of piperidine rings is 1. The summed E-state index contributed by atoms with van der Waals surface area (Å²) in [5, 5.41) is 4.36. The Morgan fingerprint density at radius 2 is 2.23 bits per heavy atom. The first-order valence-electron chi connectivity index (χ1n) is 7.80. The predicted octanol–water partition coefficient (Wildman–Crippen LogP) is 2.91. The van der Waals surface area contributed by atoms with Crippen molar-refractivity contribution in [3.63, 3.8) is 0 Å². The molecular weight excluding hydrogens is 294 g/mol. The second-order valence-electron chi connectivity index (χ2n) is 6.04. The lowest BCUT2D eigenvalue weighted by atomic mass is 9.95. The molecule has 2 saturated heterocycles. The van der Waals surface area contributed by atoms with E-state index in [1.165, 1.54) is 5.56 Å². The van der Waals surface area contributed by atoms with Gasteiger partial charge < -0.3 is 4.90 Å². The maximum Gasteiger partial charge on any atom is 0.227 e. The standard InChI is InChI=1S/C17H19N3OS/c21-17-4-3-15-16(20(17)14-2-1-7-18-10-14)5-8-19(15)11-13-6-9-22-12-13/h1-2,6-7,9-10,12,15-16H,3-5,8,11H2/t15-,16-/m1/s1. The molecule has 114 valence electrons. The second-order valence-corrected chi connectivity index (χ2v) is 6.82. The van der Waals surface area contributed by atoms with Crippen LogP contribution in [0.3, 0.4) is 0 Å². The average molecular weight is 313 g/mol. The van der Waals surface area contributed by atoms with E-state index in [-0.39, 0.29) is 5.91 Å². The lowest BCUT2D eigenvalue weighted by Gasteiger charge is -2.39. The van der Waals surface area contributed by atoms with Crippen LogP contribution < -0.4 is 4.90 Å². The largest absolute Gasteiger partial charge is 0.306 e. The van der Waals surface area contributed by atoms with E-state index in [1.807, 2.05) is 23.2 Å². The number of carbonyl (C=O) groups is 1. The van der Waals surface area contributed by atoms with Gasteiger partial charge in [-0.2, -0.15) is 11.3 Å². The highest BCUT2D eigenvalue weighted by Gasteiger charge is 2.43. The SMILES string of the molecule is O=C1CC[C@@H]2[C@@H](CCN2Cc2ccsc2)N1c1cccnc1.